The van der Waals surface area contributed by atoms with Gasteiger partial charge in [0.25, 0.3) is 11.8 Å². The Bertz CT molecular complexity index is 1010. The Morgan fingerprint density at radius 2 is 1.64 bits per heavy atom. The summed E-state index contributed by atoms with van der Waals surface area (Å²) in [5.74, 6) is -0.316. The van der Waals surface area contributed by atoms with Gasteiger partial charge < -0.3 is 10.6 Å². The maximum absolute atomic E-state index is 12.7. The highest BCUT2D eigenvalue weighted by Gasteiger charge is 2.27. The first-order valence-corrected chi connectivity index (χ1v) is 10.3. The van der Waals surface area contributed by atoms with Crippen molar-refractivity contribution in [3.63, 3.8) is 0 Å². The molecule has 3 aromatic rings. The van der Waals surface area contributed by atoms with Crippen molar-refractivity contribution in [3.05, 3.63) is 87.3 Å². The zero-order chi connectivity index (χ0) is 19.5. The Morgan fingerprint density at radius 1 is 0.929 bits per heavy atom. The molecule has 0 saturated carbocycles. The summed E-state index contributed by atoms with van der Waals surface area (Å²) in [7, 11) is 1.62. The second-order valence-corrected chi connectivity index (χ2v) is 8.06. The molecule has 2 aromatic carbocycles. The molecule has 0 saturated heterocycles. The number of hydrogen-bond acceptors (Lipinski definition) is 3. The number of thiophene rings is 1. The number of anilines is 1. The summed E-state index contributed by atoms with van der Waals surface area (Å²) in [4.78, 5) is 26.3. The smallest absolute Gasteiger partial charge is 0.256 e. The van der Waals surface area contributed by atoms with Crippen molar-refractivity contribution in [1.82, 2.24) is 5.32 Å². The number of amides is 2. The molecule has 2 amide bonds. The van der Waals surface area contributed by atoms with Crippen LogP contribution in [0, 0.1) is 0 Å². The standard InChI is InChI=1S/C23H22N2O2S/c1-24-22(27)20-18-8-5-9-19(18)28-23(20)25-21(26)17-12-10-16(11-13-17)14-15-6-3-2-4-7-15/h2-4,6-7,10-13H,5,8-9,14H2,1H3,(H,24,27)(H,25,26). The number of fused-ring (bicyclic) bond motifs is 1. The van der Waals surface area contributed by atoms with E-state index in [9.17, 15) is 9.59 Å². The SMILES string of the molecule is CNC(=O)c1c(NC(=O)c2ccc(Cc3ccccc3)cc2)sc2c1CCC2. The van der Waals surface area contributed by atoms with Gasteiger partial charge in [0.15, 0.2) is 0 Å². The number of aryl methyl sites for hydroxylation is 1. The Balaban J connectivity index is 1.51. The Hall–Kier alpha value is -2.92. The summed E-state index contributed by atoms with van der Waals surface area (Å²) < 4.78 is 0. The van der Waals surface area contributed by atoms with Crippen LogP contribution in [0.3, 0.4) is 0 Å². The van der Waals surface area contributed by atoms with Crippen molar-refractivity contribution >= 4 is 28.2 Å². The largest absolute Gasteiger partial charge is 0.355 e. The van der Waals surface area contributed by atoms with Crippen LogP contribution in [0.15, 0.2) is 54.6 Å². The zero-order valence-corrected chi connectivity index (χ0v) is 16.6. The number of hydrogen-bond donors (Lipinski definition) is 2. The molecule has 0 fully saturated rings. The van der Waals surface area contributed by atoms with Gasteiger partial charge in [-0.05, 0) is 54.5 Å². The average molecular weight is 391 g/mol. The molecule has 0 aliphatic heterocycles. The van der Waals surface area contributed by atoms with E-state index in [1.54, 1.807) is 7.05 Å². The molecule has 4 nitrogen and oxygen atoms in total. The van der Waals surface area contributed by atoms with E-state index in [1.807, 2.05) is 42.5 Å². The van der Waals surface area contributed by atoms with Gasteiger partial charge in [0.1, 0.15) is 5.00 Å². The van der Waals surface area contributed by atoms with Crippen molar-refractivity contribution in [3.8, 4) is 0 Å². The van der Waals surface area contributed by atoms with Crippen LogP contribution in [-0.2, 0) is 19.3 Å². The monoisotopic (exact) mass is 390 g/mol. The molecule has 5 heteroatoms. The highest BCUT2D eigenvalue weighted by molar-refractivity contribution is 7.17. The number of nitrogens with one attached hydrogen (secondary N) is 2. The molecule has 1 heterocycles. The van der Waals surface area contributed by atoms with Crippen molar-refractivity contribution in [1.29, 1.82) is 0 Å². The number of benzene rings is 2. The molecular formula is C23H22N2O2S. The van der Waals surface area contributed by atoms with E-state index >= 15 is 0 Å². The third kappa shape index (κ3) is 3.71. The highest BCUT2D eigenvalue weighted by Crippen LogP contribution is 2.39. The molecule has 0 spiro atoms. The van der Waals surface area contributed by atoms with Crippen molar-refractivity contribution in [2.45, 2.75) is 25.7 Å². The molecule has 0 atom stereocenters. The van der Waals surface area contributed by atoms with Gasteiger partial charge in [0.05, 0.1) is 5.56 Å². The van der Waals surface area contributed by atoms with Crippen molar-refractivity contribution in [2.24, 2.45) is 0 Å². The lowest BCUT2D eigenvalue weighted by atomic mass is 10.0. The first-order chi connectivity index (χ1) is 13.7. The van der Waals surface area contributed by atoms with Crippen molar-refractivity contribution < 1.29 is 9.59 Å². The van der Waals surface area contributed by atoms with E-state index in [0.29, 0.717) is 16.1 Å². The Morgan fingerprint density at radius 3 is 2.36 bits per heavy atom. The Kier molecular flexibility index (Phi) is 5.26. The average Bonchev–Trinajstić information content (AvgIpc) is 3.29. The summed E-state index contributed by atoms with van der Waals surface area (Å²) in [6.45, 7) is 0. The van der Waals surface area contributed by atoms with Crippen LogP contribution in [0.25, 0.3) is 0 Å². The second kappa shape index (κ2) is 7.98. The molecule has 0 bridgehead atoms. The molecule has 0 radical (unpaired) electrons. The third-order valence-electron chi connectivity index (χ3n) is 5.07. The lowest BCUT2D eigenvalue weighted by Gasteiger charge is -2.08. The third-order valence-corrected chi connectivity index (χ3v) is 6.28. The molecule has 142 valence electrons. The van der Waals surface area contributed by atoms with Gasteiger partial charge in [0, 0.05) is 17.5 Å². The van der Waals surface area contributed by atoms with E-state index in [1.165, 1.54) is 21.8 Å². The van der Waals surface area contributed by atoms with Crippen LogP contribution in [0.1, 0.15) is 48.7 Å². The fraction of sp³-hybridized carbons (Fsp3) is 0.217. The fourth-order valence-corrected chi connectivity index (χ4v) is 4.92. The number of carbonyl (C=O) groups is 2. The normalized spacial score (nSPS) is 12.5. The minimum atomic E-state index is -0.184. The van der Waals surface area contributed by atoms with Gasteiger partial charge in [-0.3, -0.25) is 9.59 Å². The van der Waals surface area contributed by atoms with E-state index in [4.69, 9.17) is 0 Å². The van der Waals surface area contributed by atoms with Gasteiger partial charge in [-0.1, -0.05) is 42.5 Å². The molecular weight excluding hydrogens is 368 g/mol. The molecule has 2 N–H and O–H groups in total. The first-order valence-electron chi connectivity index (χ1n) is 9.46. The molecule has 28 heavy (non-hydrogen) atoms. The van der Waals surface area contributed by atoms with Crippen LogP contribution in [0.4, 0.5) is 5.00 Å². The predicted molar refractivity (Wildman–Crippen MR) is 113 cm³/mol. The zero-order valence-electron chi connectivity index (χ0n) is 15.7. The summed E-state index contributed by atoms with van der Waals surface area (Å²) in [6.07, 6.45) is 3.79. The maximum Gasteiger partial charge on any atom is 0.256 e. The molecule has 1 aliphatic carbocycles. The predicted octanol–water partition coefficient (Wildman–Crippen LogP) is 4.44. The molecule has 1 aromatic heterocycles. The quantitative estimate of drug-likeness (QED) is 0.677. The van der Waals surface area contributed by atoms with Gasteiger partial charge in [-0.25, -0.2) is 0 Å². The van der Waals surface area contributed by atoms with Gasteiger partial charge in [-0.2, -0.15) is 0 Å². The van der Waals surface area contributed by atoms with E-state index in [-0.39, 0.29) is 11.8 Å². The summed E-state index contributed by atoms with van der Waals surface area (Å²) in [5.41, 5.74) is 4.71. The minimum Gasteiger partial charge on any atom is -0.355 e. The van der Waals surface area contributed by atoms with Crippen LogP contribution in [0.5, 0.6) is 0 Å². The van der Waals surface area contributed by atoms with Crippen LogP contribution in [0.2, 0.25) is 0 Å². The second-order valence-electron chi connectivity index (χ2n) is 6.95. The van der Waals surface area contributed by atoms with Gasteiger partial charge >= 0.3 is 0 Å². The number of carbonyl (C=O) groups excluding carboxylic acids is 2. The summed E-state index contributed by atoms with van der Waals surface area (Å²) >= 11 is 1.53. The molecule has 0 unspecified atom stereocenters. The minimum absolute atomic E-state index is 0.132. The van der Waals surface area contributed by atoms with Crippen molar-refractivity contribution in [2.75, 3.05) is 12.4 Å². The molecule has 4 rings (SSSR count). The van der Waals surface area contributed by atoms with E-state index in [0.717, 1.165) is 36.8 Å². The fourth-order valence-electron chi connectivity index (χ4n) is 3.64. The van der Waals surface area contributed by atoms with Crippen LogP contribution >= 0.6 is 11.3 Å². The van der Waals surface area contributed by atoms with Crippen LogP contribution < -0.4 is 10.6 Å². The van der Waals surface area contributed by atoms with Gasteiger partial charge in [0.2, 0.25) is 0 Å². The van der Waals surface area contributed by atoms with E-state index < -0.39 is 0 Å². The lowest BCUT2D eigenvalue weighted by Crippen LogP contribution is -2.21. The summed E-state index contributed by atoms with van der Waals surface area (Å²) in [5, 5.41) is 6.31. The summed E-state index contributed by atoms with van der Waals surface area (Å²) in [6, 6.07) is 17.9. The topological polar surface area (TPSA) is 58.2 Å². The van der Waals surface area contributed by atoms with E-state index in [2.05, 4.69) is 22.8 Å². The van der Waals surface area contributed by atoms with Crippen LogP contribution in [-0.4, -0.2) is 18.9 Å². The Labute approximate surface area is 168 Å². The number of rotatable bonds is 5. The highest BCUT2D eigenvalue weighted by atomic mass is 32.1. The lowest BCUT2D eigenvalue weighted by molar-refractivity contribution is 0.0963. The first kappa shape index (κ1) is 18.4. The van der Waals surface area contributed by atoms with Gasteiger partial charge in [-0.15, -0.1) is 11.3 Å². The maximum atomic E-state index is 12.7. The molecule has 1 aliphatic rings.